The number of amides is 1. The molecule has 0 bridgehead atoms. The summed E-state index contributed by atoms with van der Waals surface area (Å²) >= 11 is 1.87. The summed E-state index contributed by atoms with van der Waals surface area (Å²) in [6.45, 7) is 4.12. The molecule has 1 amide bonds. The molecule has 2 aliphatic rings. The molecule has 0 radical (unpaired) electrons. The van der Waals surface area contributed by atoms with Gasteiger partial charge < -0.3 is 4.90 Å². The summed E-state index contributed by atoms with van der Waals surface area (Å²) in [7, 11) is 0. The first-order chi connectivity index (χ1) is 10.3. The fraction of sp³-hybridized carbons (Fsp3) is 0.500. The van der Waals surface area contributed by atoms with Crippen LogP contribution in [0.3, 0.4) is 0 Å². The van der Waals surface area contributed by atoms with Crippen LogP contribution in [0.15, 0.2) is 24.1 Å². The van der Waals surface area contributed by atoms with E-state index in [0.717, 1.165) is 32.6 Å². The number of fused-ring (bicyclic) bond motifs is 1. The van der Waals surface area contributed by atoms with Crippen LogP contribution in [0.4, 0.5) is 0 Å². The Bertz CT molecular complexity index is 632. The maximum atomic E-state index is 12.1. The second kappa shape index (κ2) is 5.23. The zero-order valence-electron chi connectivity index (χ0n) is 11.7. The minimum atomic E-state index is 0.130. The van der Waals surface area contributed by atoms with Crippen LogP contribution in [0.2, 0.25) is 0 Å². The SMILES string of the molecule is O=C(Cn1cncn1)N1CC(N2CCc3sccc3C2)C1. The first-order valence-corrected chi connectivity index (χ1v) is 8.07. The van der Waals surface area contributed by atoms with Gasteiger partial charge in [0.05, 0.1) is 0 Å². The van der Waals surface area contributed by atoms with Crippen LogP contribution >= 0.6 is 11.3 Å². The van der Waals surface area contributed by atoms with Crippen molar-refractivity contribution < 1.29 is 4.79 Å². The van der Waals surface area contributed by atoms with Crippen LogP contribution < -0.4 is 0 Å². The maximum Gasteiger partial charge on any atom is 0.244 e. The van der Waals surface area contributed by atoms with Gasteiger partial charge in [0.2, 0.25) is 5.91 Å². The molecule has 0 aliphatic carbocycles. The molecule has 2 aromatic rings. The highest BCUT2D eigenvalue weighted by atomic mass is 32.1. The van der Waals surface area contributed by atoms with Crippen molar-refractivity contribution in [3.05, 3.63) is 34.5 Å². The van der Waals surface area contributed by atoms with E-state index in [9.17, 15) is 4.79 Å². The number of hydrogen-bond acceptors (Lipinski definition) is 5. The average molecular weight is 303 g/mol. The molecule has 7 heteroatoms. The molecule has 6 nitrogen and oxygen atoms in total. The summed E-state index contributed by atoms with van der Waals surface area (Å²) in [4.78, 5) is 21.9. The van der Waals surface area contributed by atoms with Gasteiger partial charge in [0, 0.05) is 37.1 Å². The molecule has 110 valence electrons. The van der Waals surface area contributed by atoms with Gasteiger partial charge in [-0.25, -0.2) is 9.67 Å². The Morgan fingerprint density at radius 3 is 3.14 bits per heavy atom. The molecule has 2 aromatic heterocycles. The van der Waals surface area contributed by atoms with Gasteiger partial charge >= 0.3 is 0 Å². The second-order valence-electron chi connectivity index (χ2n) is 5.64. The predicted octanol–water partition coefficient (Wildman–Crippen LogP) is 0.609. The molecule has 0 aromatic carbocycles. The quantitative estimate of drug-likeness (QED) is 0.834. The third-order valence-electron chi connectivity index (χ3n) is 4.33. The number of hydrogen-bond donors (Lipinski definition) is 0. The van der Waals surface area contributed by atoms with Gasteiger partial charge in [-0.15, -0.1) is 11.3 Å². The fourth-order valence-electron chi connectivity index (χ4n) is 3.02. The Morgan fingerprint density at radius 1 is 1.43 bits per heavy atom. The zero-order valence-corrected chi connectivity index (χ0v) is 12.5. The van der Waals surface area contributed by atoms with Crippen molar-refractivity contribution in [1.29, 1.82) is 0 Å². The van der Waals surface area contributed by atoms with Crippen LogP contribution in [-0.4, -0.2) is 56.1 Å². The number of likely N-dealkylation sites (tertiary alicyclic amines) is 1. The molecule has 0 unspecified atom stereocenters. The summed E-state index contributed by atoms with van der Waals surface area (Å²) in [5.74, 6) is 0.130. The second-order valence-corrected chi connectivity index (χ2v) is 6.64. The Kier molecular flexibility index (Phi) is 3.23. The summed E-state index contributed by atoms with van der Waals surface area (Å²) in [6.07, 6.45) is 4.19. The van der Waals surface area contributed by atoms with Crippen molar-refractivity contribution >= 4 is 17.2 Å². The molecule has 1 fully saturated rings. The Morgan fingerprint density at radius 2 is 2.33 bits per heavy atom. The molecular formula is C14H17N5OS. The van der Waals surface area contributed by atoms with E-state index in [-0.39, 0.29) is 5.91 Å². The first kappa shape index (κ1) is 13.0. The topological polar surface area (TPSA) is 54.3 Å². The molecule has 0 atom stereocenters. The molecule has 0 saturated carbocycles. The van der Waals surface area contributed by atoms with Crippen LogP contribution in [0.5, 0.6) is 0 Å². The molecule has 1 saturated heterocycles. The lowest BCUT2D eigenvalue weighted by Crippen LogP contribution is -2.62. The largest absolute Gasteiger partial charge is 0.338 e. The standard InChI is InChI=1S/C14H17N5OS/c20-14(8-19-10-15-9-16-19)18-6-12(7-18)17-3-1-13-11(5-17)2-4-21-13/h2,4,9-10,12H,1,3,5-8H2. The van der Waals surface area contributed by atoms with Crippen LogP contribution in [0.1, 0.15) is 10.4 Å². The van der Waals surface area contributed by atoms with E-state index in [2.05, 4.69) is 26.4 Å². The monoisotopic (exact) mass is 303 g/mol. The highest BCUT2D eigenvalue weighted by molar-refractivity contribution is 7.10. The number of aromatic nitrogens is 3. The number of thiophene rings is 1. The summed E-state index contributed by atoms with van der Waals surface area (Å²) in [6, 6.07) is 2.75. The van der Waals surface area contributed by atoms with Gasteiger partial charge in [-0.1, -0.05) is 0 Å². The van der Waals surface area contributed by atoms with Crippen molar-refractivity contribution in [2.75, 3.05) is 19.6 Å². The molecule has 0 spiro atoms. The van der Waals surface area contributed by atoms with Crippen LogP contribution in [0, 0.1) is 0 Å². The van der Waals surface area contributed by atoms with E-state index >= 15 is 0 Å². The lowest BCUT2D eigenvalue weighted by atomic mass is 10.0. The number of carbonyl (C=O) groups is 1. The van der Waals surface area contributed by atoms with Crippen molar-refractivity contribution in [3.8, 4) is 0 Å². The molecule has 2 aliphatic heterocycles. The number of rotatable bonds is 3. The van der Waals surface area contributed by atoms with Gasteiger partial charge in [0.25, 0.3) is 0 Å². The van der Waals surface area contributed by atoms with E-state index in [1.54, 1.807) is 11.0 Å². The third-order valence-corrected chi connectivity index (χ3v) is 5.36. The van der Waals surface area contributed by atoms with Crippen molar-refractivity contribution in [2.45, 2.75) is 25.6 Å². The smallest absolute Gasteiger partial charge is 0.244 e. The normalized spacial score (nSPS) is 19.3. The summed E-state index contributed by atoms with van der Waals surface area (Å²) in [5.41, 5.74) is 1.47. The van der Waals surface area contributed by atoms with Crippen molar-refractivity contribution in [3.63, 3.8) is 0 Å². The first-order valence-electron chi connectivity index (χ1n) is 7.19. The Balaban J connectivity index is 1.30. The summed E-state index contributed by atoms with van der Waals surface area (Å²) < 4.78 is 1.58. The lowest BCUT2D eigenvalue weighted by Gasteiger charge is -2.46. The zero-order chi connectivity index (χ0) is 14.2. The van der Waals surface area contributed by atoms with E-state index in [1.165, 1.54) is 16.8 Å². The van der Waals surface area contributed by atoms with E-state index in [1.807, 2.05) is 16.2 Å². The molecule has 4 heterocycles. The fourth-order valence-corrected chi connectivity index (χ4v) is 3.91. The minimum absolute atomic E-state index is 0.130. The molecule has 0 N–H and O–H groups in total. The van der Waals surface area contributed by atoms with Crippen LogP contribution in [-0.2, 0) is 24.3 Å². The highest BCUT2D eigenvalue weighted by Gasteiger charge is 2.36. The number of nitrogens with zero attached hydrogens (tertiary/aromatic N) is 5. The number of carbonyl (C=O) groups excluding carboxylic acids is 1. The van der Waals surface area contributed by atoms with Crippen molar-refractivity contribution in [1.82, 2.24) is 24.6 Å². The van der Waals surface area contributed by atoms with E-state index in [0.29, 0.717) is 12.6 Å². The minimum Gasteiger partial charge on any atom is -0.338 e. The lowest BCUT2D eigenvalue weighted by molar-refractivity contribution is -0.139. The Hall–Kier alpha value is -1.73. The van der Waals surface area contributed by atoms with Gasteiger partial charge in [0.1, 0.15) is 19.2 Å². The molecule has 4 rings (SSSR count). The highest BCUT2D eigenvalue weighted by Crippen LogP contribution is 2.27. The van der Waals surface area contributed by atoms with Gasteiger partial charge in [0.15, 0.2) is 0 Å². The van der Waals surface area contributed by atoms with Crippen molar-refractivity contribution in [2.24, 2.45) is 0 Å². The van der Waals surface area contributed by atoms with E-state index < -0.39 is 0 Å². The Labute approximate surface area is 127 Å². The third kappa shape index (κ3) is 2.47. The average Bonchev–Trinajstić information content (AvgIpc) is 3.07. The molecule has 21 heavy (non-hydrogen) atoms. The molecular weight excluding hydrogens is 286 g/mol. The maximum absolute atomic E-state index is 12.1. The van der Waals surface area contributed by atoms with E-state index in [4.69, 9.17) is 0 Å². The van der Waals surface area contributed by atoms with Gasteiger partial charge in [-0.2, -0.15) is 5.10 Å². The predicted molar refractivity (Wildman–Crippen MR) is 78.8 cm³/mol. The summed E-state index contributed by atoms with van der Waals surface area (Å²) in [5, 5.41) is 6.16. The van der Waals surface area contributed by atoms with Gasteiger partial charge in [-0.05, 0) is 23.4 Å². The van der Waals surface area contributed by atoms with Crippen LogP contribution in [0.25, 0.3) is 0 Å². The van der Waals surface area contributed by atoms with Gasteiger partial charge in [-0.3, -0.25) is 9.69 Å².